The van der Waals surface area contributed by atoms with Crippen LogP contribution in [0, 0.1) is 0 Å². The summed E-state index contributed by atoms with van der Waals surface area (Å²) >= 11 is 0. The first-order valence-electron chi connectivity index (χ1n) is 3.57. The molecule has 0 saturated heterocycles. The molecule has 0 unspecified atom stereocenters. The normalized spacial score (nSPS) is 10.6. The molecule has 0 atom stereocenters. The maximum atomic E-state index is 5.16. The van der Waals surface area contributed by atoms with Crippen LogP contribution in [-0.2, 0) is 4.43 Å². The quantitative estimate of drug-likeness (QED) is 0.597. The molecule has 0 aromatic heterocycles. The lowest BCUT2D eigenvalue weighted by Gasteiger charge is -2.01. The zero-order chi connectivity index (χ0) is 8.10. The molecule has 1 aromatic rings. The minimum Gasteiger partial charge on any atom is -0.422 e. The van der Waals surface area contributed by atoms with Gasteiger partial charge in [-0.05, 0) is 10.8 Å². The molecule has 58 valence electrons. The molecule has 0 radical (unpaired) electrons. The second-order valence-corrected chi connectivity index (χ2v) is 3.96. The summed E-state index contributed by atoms with van der Waals surface area (Å²) in [6.45, 7) is 3.74. The average Bonchev–Trinajstić information content (AvgIpc) is 2.06. The van der Waals surface area contributed by atoms with Crippen molar-refractivity contribution in [2.45, 2.75) is 0 Å². The SMILES string of the molecule is C=Cc1ccccc1[SiH2]OC. The molecular weight excluding hydrogens is 152 g/mol. The van der Waals surface area contributed by atoms with E-state index < -0.39 is 9.76 Å². The third-order valence-corrected chi connectivity index (χ3v) is 2.82. The van der Waals surface area contributed by atoms with Gasteiger partial charge in [-0.25, -0.2) is 0 Å². The largest absolute Gasteiger partial charge is 0.422 e. The summed E-state index contributed by atoms with van der Waals surface area (Å²) in [5.74, 6) is 0. The Kier molecular flexibility index (Phi) is 3.07. The van der Waals surface area contributed by atoms with Crippen LogP contribution >= 0.6 is 0 Å². The summed E-state index contributed by atoms with van der Waals surface area (Å²) in [5.41, 5.74) is 1.21. The standard InChI is InChI=1S/C9H12OSi/c1-3-8-6-4-5-7-9(8)11-10-2/h3-7H,1,11H2,2H3. The van der Waals surface area contributed by atoms with Crippen LogP contribution in [0.5, 0.6) is 0 Å². The van der Waals surface area contributed by atoms with Crippen molar-refractivity contribution in [3.63, 3.8) is 0 Å². The van der Waals surface area contributed by atoms with Crippen molar-refractivity contribution in [2.75, 3.05) is 7.11 Å². The molecule has 0 fully saturated rings. The van der Waals surface area contributed by atoms with Crippen LogP contribution in [-0.4, -0.2) is 16.9 Å². The van der Waals surface area contributed by atoms with E-state index in [-0.39, 0.29) is 0 Å². The van der Waals surface area contributed by atoms with Gasteiger partial charge in [0, 0.05) is 7.11 Å². The number of rotatable bonds is 3. The first-order valence-corrected chi connectivity index (χ1v) is 4.86. The fraction of sp³-hybridized carbons (Fsp3) is 0.111. The lowest BCUT2D eigenvalue weighted by atomic mass is 10.2. The van der Waals surface area contributed by atoms with E-state index in [2.05, 4.69) is 18.7 Å². The van der Waals surface area contributed by atoms with E-state index >= 15 is 0 Å². The predicted molar refractivity (Wildman–Crippen MR) is 51.7 cm³/mol. The Morgan fingerprint density at radius 2 is 2.18 bits per heavy atom. The smallest absolute Gasteiger partial charge is 0.192 e. The predicted octanol–water partition coefficient (Wildman–Crippen LogP) is 0.685. The molecule has 0 amide bonds. The van der Waals surface area contributed by atoms with Gasteiger partial charge in [0.2, 0.25) is 0 Å². The van der Waals surface area contributed by atoms with Crippen LogP contribution < -0.4 is 5.19 Å². The van der Waals surface area contributed by atoms with Gasteiger partial charge in [0.25, 0.3) is 0 Å². The molecular formula is C9H12OSi. The topological polar surface area (TPSA) is 9.23 Å². The highest BCUT2D eigenvalue weighted by molar-refractivity contribution is 6.48. The summed E-state index contributed by atoms with van der Waals surface area (Å²) < 4.78 is 5.16. The third kappa shape index (κ3) is 2.03. The number of hydrogen-bond acceptors (Lipinski definition) is 1. The van der Waals surface area contributed by atoms with Gasteiger partial charge in [-0.2, -0.15) is 0 Å². The number of benzene rings is 1. The van der Waals surface area contributed by atoms with Crippen molar-refractivity contribution in [2.24, 2.45) is 0 Å². The first-order chi connectivity index (χ1) is 5.38. The summed E-state index contributed by atoms with van der Waals surface area (Å²) in [6.07, 6.45) is 1.88. The summed E-state index contributed by atoms with van der Waals surface area (Å²) in [6, 6.07) is 8.22. The Morgan fingerprint density at radius 1 is 1.45 bits per heavy atom. The summed E-state index contributed by atoms with van der Waals surface area (Å²) in [5, 5.41) is 1.32. The maximum Gasteiger partial charge on any atom is 0.192 e. The van der Waals surface area contributed by atoms with E-state index in [0.717, 1.165) is 0 Å². The maximum absolute atomic E-state index is 5.16. The summed E-state index contributed by atoms with van der Waals surface area (Å²) in [7, 11) is 1.24. The van der Waals surface area contributed by atoms with Crippen LogP contribution in [0.15, 0.2) is 30.8 Å². The first kappa shape index (κ1) is 8.24. The highest BCUT2D eigenvalue weighted by Gasteiger charge is 1.96. The molecule has 0 heterocycles. The fourth-order valence-corrected chi connectivity index (χ4v) is 1.99. The molecule has 1 nitrogen and oxygen atoms in total. The fourth-order valence-electron chi connectivity index (χ4n) is 1.02. The van der Waals surface area contributed by atoms with E-state index in [0.29, 0.717) is 0 Å². The van der Waals surface area contributed by atoms with E-state index in [1.165, 1.54) is 10.8 Å². The molecule has 0 spiro atoms. The molecule has 0 saturated carbocycles. The average molecular weight is 164 g/mol. The van der Waals surface area contributed by atoms with Crippen molar-refractivity contribution in [1.82, 2.24) is 0 Å². The molecule has 0 aliphatic carbocycles. The second kappa shape index (κ2) is 4.11. The minimum atomic E-state index is -0.512. The van der Waals surface area contributed by atoms with Gasteiger partial charge in [0.1, 0.15) is 0 Å². The lowest BCUT2D eigenvalue weighted by molar-refractivity contribution is 0.450. The van der Waals surface area contributed by atoms with E-state index in [4.69, 9.17) is 4.43 Å². The van der Waals surface area contributed by atoms with Gasteiger partial charge in [0.15, 0.2) is 9.76 Å². The van der Waals surface area contributed by atoms with Gasteiger partial charge < -0.3 is 4.43 Å². The van der Waals surface area contributed by atoms with Gasteiger partial charge >= 0.3 is 0 Å². The highest BCUT2D eigenvalue weighted by atomic mass is 28.2. The van der Waals surface area contributed by atoms with Crippen molar-refractivity contribution in [1.29, 1.82) is 0 Å². The second-order valence-electron chi connectivity index (χ2n) is 2.34. The molecule has 1 aromatic carbocycles. The van der Waals surface area contributed by atoms with Crippen LogP contribution in [0.3, 0.4) is 0 Å². The molecule has 11 heavy (non-hydrogen) atoms. The van der Waals surface area contributed by atoms with Gasteiger partial charge in [-0.15, -0.1) is 0 Å². The lowest BCUT2D eigenvalue weighted by Crippen LogP contribution is -2.18. The molecule has 1 rings (SSSR count). The molecule has 0 aliphatic rings. The third-order valence-electron chi connectivity index (χ3n) is 1.57. The van der Waals surface area contributed by atoms with Gasteiger partial charge in [0.05, 0.1) is 0 Å². The van der Waals surface area contributed by atoms with Crippen LogP contribution in [0.25, 0.3) is 6.08 Å². The van der Waals surface area contributed by atoms with Crippen LogP contribution in [0.4, 0.5) is 0 Å². The Hall–Kier alpha value is -0.863. The van der Waals surface area contributed by atoms with Crippen molar-refractivity contribution >= 4 is 21.0 Å². The number of hydrogen-bond donors (Lipinski definition) is 0. The Bertz CT molecular complexity index is 245. The van der Waals surface area contributed by atoms with Crippen LogP contribution in [0.2, 0.25) is 0 Å². The van der Waals surface area contributed by atoms with E-state index in [1.807, 2.05) is 18.2 Å². The minimum absolute atomic E-state index is 0.512. The molecule has 0 N–H and O–H groups in total. The van der Waals surface area contributed by atoms with Gasteiger partial charge in [-0.1, -0.05) is 36.9 Å². The molecule has 2 heteroatoms. The molecule has 0 bridgehead atoms. The van der Waals surface area contributed by atoms with E-state index in [9.17, 15) is 0 Å². The van der Waals surface area contributed by atoms with Crippen molar-refractivity contribution in [3.8, 4) is 0 Å². The zero-order valence-corrected chi connectivity index (χ0v) is 8.12. The summed E-state index contributed by atoms with van der Waals surface area (Å²) in [4.78, 5) is 0. The van der Waals surface area contributed by atoms with Gasteiger partial charge in [-0.3, -0.25) is 0 Å². The van der Waals surface area contributed by atoms with Crippen LogP contribution in [0.1, 0.15) is 5.56 Å². The van der Waals surface area contributed by atoms with Crippen molar-refractivity contribution < 1.29 is 4.43 Å². The van der Waals surface area contributed by atoms with E-state index in [1.54, 1.807) is 7.11 Å². The Balaban J connectivity index is 2.92. The zero-order valence-electron chi connectivity index (χ0n) is 6.71. The highest BCUT2D eigenvalue weighted by Crippen LogP contribution is 1.96. The Morgan fingerprint density at radius 3 is 2.82 bits per heavy atom. The Labute approximate surface area is 69.6 Å². The molecule has 0 aliphatic heterocycles. The van der Waals surface area contributed by atoms with Crippen molar-refractivity contribution in [3.05, 3.63) is 36.4 Å². The monoisotopic (exact) mass is 164 g/mol.